The van der Waals surface area contributed by atoms with Crippen molar-refractivity contribution in [3.8, 4) is 0 Å². The summed E-state index contributed by atoms with van der Waals surface area (Å²) in [6.45, 7) is 0. The molecule has 0 bridgehead atoms. The molecule has 2 heterocycles. The fourth-order valence-electron chi connectivity index (χ4n) is 2.72. The number of nitrogens with zero attached hydrogens (tertiary/aromatic N) is 1. The topological polar surface area (TPSA) is 83.6 Å². The average Bonchev–Trinajstić information content (AvgIpc) is 2.73. The summed E-state index contributed by atoms with van der Waals surface area (Å²) in [5.41, 5.74) is -1.74. The third-order valence-corrected chi connectivity index (χ3v) is 4.16. The summed E-state index contributed by atoms with van der Waals surface area (Å²) < 4.78 is 0. The molecule has 3 rings (SSSR count). The van der Waals surface area contributed by atoms with E-state index < -0.39 is 34.3 Å². The van der Waals surface area contributed by atoms with E-state index in [1.165, 1.54) is 12.1 Å². The molecule has 1 aromatic carbocycles. The molecule has 9 heteroatoms. The molecule has 1 atom stereocenters. The summed E-state index contributed by atoms with van der Waals surface area (Å²) >= 11 is 0. The molecule has 6 radical (unpaired) electrons. The highest BCUT2D eigenvalue weighted by molar-refractivity contribution is 6.52. The summed E-state index contributed by atoms with van der Waals surface area (Å²) in [5, 5.41) is 0.158. The van der Waals surface area contributed by atoms with Gasteiger partial charge in [-0.05, 0) is 23.8 Å². The zero-order valence-corrected chi connectivity index (χ0v) is 12.0. The first-order valence-corrected chi connectivity index (χ1v) is 6.89. The Balaban J connectivity index is 2.04. The number of imide groups is 2. The largest absolute Gasteiger partial charge is 0.296 e. The van der Waals surface area contributed by atoms with Gasteiger partial charge in [-0.1, -0.05) is 18.6 Å². The molecular weight excluding hydrogens is 293 g/mol. The molecule has 1 N–H and O–H groups in total. The van der Waals surface area contributed by atoms with Gasteiger partial charge in [0.1, 0.15) is 7.85 Å². The van der Waals surface area contributed by atoms with Gasteiger partial charge in [0.05, 0.1) is 32.3 Å². The van der Waals surface area contributed by atoms with E-state index in [1.807, 2.05) is 5.32 Å². The first-order valence-electron chi connectivity index (χ1n) is 6.89. The molecule has 1 aromatic rings. The highest BCUT2D eigenvalue weighted by Gasteiger charge is 2.52. The van der Waals surface area contributed by atoms with E-state index in [4.69, 9.17) is 23.5 Å². The second-order valence-corrected chi connectivity index (χ2v) is 5.74. The van der Waals surface area contributed by atoms with E-state index in [-0.39, 0.29) is 24.0 Å². The fourth-order valence-corrected chi connectivity index (χ4v) is 2.72. The van der Waals surface area contributed by atoms with Crippen molar-refractivity contribution in [2.45, 2.75) is 23.5 Å². The second kappa shape index (κ2) is 4.84. The van der Waals surface area contributed by atoms with E-state index in [9.17, 15) is 19.2 Å². The number of carbonyl (C=O) groups excluding carboxylic acids is 4. The monoisotopic (exact) mass is 302 g/mol. The molecule has 2 aliphatic rings. The van der Waals surface area contributed by atoms with Gasteiger partial charge in [-0.15, -0.1) is 0 Å². The standard InChI is InChI=1S/C14H9B3N2O4/c15-13(16)5-6-14(17,12(23)18-11(13)22)19-9(20)7-3-1-2-4-8(7)10(19)21/h1-4H,5-6H2,(H,18,22,23)/t14-/m0/s1. The predicted molar refractivity (Wildman–Crippen MR) is 82.0 cm³/mol. The van der Waals surface area contributed by atoms with Gasteiger partial charge >= 0.3 is 0 Å². The van der Waals surface area contributed by atoms with Crippen LogP contribution in [0.3, 0.4) is 0 Å². The van der Waals surface area contributed by atoms with Crippen LogP contribution >= 0.6 is 0 Å². The third-order valence-electron chi connectivity index (χ3n) is 4.16. The zero-order chi connectivity index (χ0) is 17.0. The molecule has 0 unspecified atom stereocenters. The zero-order valence-electron chi connectivity index (χ0n) is 12.0. The van der Waals surface area contributed by atoms with Crippen LogP contribution in [0, 0.1) is 0 Å². The van der Waals surface area contributed by atoms with E-state index >= 15 is 0 Å². The molecule has 0 spiro atoms. The number of carbonyl (C=O) groups is 4. The van der Waals surface area contributed by atoms with Crippen LogP contribution in [0.1, 0.15) is 33.6 Å². The Morgan fingerprint density at radius 3 is 1.91 bits per heavy atom. The van der Waals surface area contributed by atoms with Crippen LogP contribution in [0.25, 0.3) is 0 Å². The van der Waals surface area contributed by atoms with Gasteiger partial charge in [-0.3, -0.25) is 29.4 Å². The lowest BCUT2D eigenvalue weighted by Crippen LogP contribution is -2.61. The molecule has 0 aromatic heterocycles. The Hall–Kier alpha value is -2.31. The molecule has 23 heavy (non-hydrogen) atoms. The number of hydrogen-bond acceptors (Lipinski definition) is 4. The van der Waals surface area contributed by atoms with Crippen molar-refractivity contribution in [3.63, 3.8) is 0 Å². The summed E-state index contributed by atoms with van der Waals surface area (Å²) in [6.07, 6.45) is -0.405. The average molecular weight is 302 g/mol. The maximum absolute atomic E-state index is 12.5. The number of amides is 4. The summed E-state index contributed by atoms with van der Waals surface area (Å²) in [7, 11) is 17.3. The van der Waals surface area contributed by atoms with Crippen molar-refractivity contribution in [2.24, 2.45) is 0 Å². The van der Waals surface area contributed by atoms with Crippen molar-refractivity contribution in [2.75, 3.05) is 0 Å². The summed E-state index contributed by atoms with van der Waals surface area (Å²) in [4.78, 5) is 49.8. The van der Waals surface area contributed by atoms with Gasteiger partial charge in [0.25, 0.3) is 11.8 Å². The van der Waals surface area contributed by atoms with E-state index in [2.05, 4.69) is 0 Å². The maximum Gasteiger partial charge on any atom is 0.261 e. The minimum Gasteiger partial charge on any atom is -0.296 e. The van der Waals surface area contributed by atoms with Gasteiger partial charge in [0, 0.05) is 0 Å². The van der Waals surface area contributed by atoms with Gasteiger partial charge < -0.3 is 0 Å². The summed E-state index contributed by atoms with van der Waals surface area (Å²) in [5.74, 6) is -3.30. The van der Waals surface area contributed by atoms with E-state index in [1.54, 1.807) is 12.1 Å². The van der Waals surface area contributed by atoms with Gasteiger partial charge in [0.2, 0.25) is 11.8 Å². The van der Waals surface area contributed by atoms with Crippen LogP contribution in [0.5, 0.6) is 0 Å². The second-order valence-electron chi connectivity index (χ2n) is 5.74. The lowest BCUT2D eigenvalue weighted by Gasteiger charge is -2.35. The quantitative estimate of drug-likeness (QED) is 0.535. The third kappa shape index (κ3) is 2.14. The van der Waals surface area contributed by atoms with E-state index in [0.29, 0.717) is 4.90 Å². The smallest absolute Gasteiger partial charge is 0.261 e. The fraction of sp³-hybridized carbons (Fsp3) is 0.286. The first kappa shape index (κ1) is 15.6. The van der Waals surface area contributed by atoms with Crippen LogP contribution < -0.4 is 5.32 Å². The van der Waals surface area contributed by atoms with Crippen LogP contribution in [-0.2, 0) is 9.59 Å². The Labute approximate surface area is 136 Å². The highest BCUT2D eigenvalue weighted by atomic mass is 16.2. The number of hydrogen-bond donors (Lipinski definition) is 1. The molecule has 4 amide bonds. The maximum atomic E-state index is 12.5. The van der Waals surface area contributed by atoms with Crippen molar-refractivity contribution < 1.29 is 19.2 Å². The normalized spacial score (nSPS) is 26.7. The number of fused-ring (bicyclic) bond motifs is 1. The van der Waals surface area contributed by atoms with Crippen molar-refractivity contribution in [1.82, 2.24) is 10.2 Å². The first-order chi connectivity index (χ1) is 10.7. The minimum absolute atomic E-state index is 0.150. The Morgan fingerprint density at radius 2 is 1.39 bits per heavy atom. The number of nitrogens with one attached hydrogen (secondary N) is 1. The molecule has 0 aliphatic carbocycles. The molecule has 6 nitrogen and oxygen atoms in total. The van der Waals surface area contributed by atoms with Crippen LogP contribution in [0.4, 0.5) is 0 Å². The van der Waals surface area contributed by atoms with Gasteiger partial charge in [-0.2, -0.15) is 0 Å². The lowest BCUT2D eigenvalue weighted by molar-refractivity contribution is -0.133. The van der Waals surface area contributed by atoms with Crippen LogP contribution in [-0.4, -0.2) is 57.5 Å². The minimum atomic E-state index is -2.04. The number of rotatable bonds is 1. The molecule has 2 aliphatic heterocycles. The molecule has 1 saturated heterocycles. The highest BCUT2D eigenvalue weighted by Crippen LogP contribution is 2.36. The summed E-state index contributed by atoms with van der Waals surface area (Å²) in [6, 6.07) is 6.13. The Bertz CT molecular complexity index is 729. The number of benzene rings is 1. The molecule has 108 valence electrons. The van der Waals surface area contributed by atoms with E-state index in [0.717, 1.165) is 0 Å². The van der Waals surface area contributed by atoms with Gasteiger partial charge in [0.15, 0.2) is 0 Å². The predicted octanol–water partition coefficient (Wildman–Crippen LogP) is -0.963. The molecule has 1 fully saturated rings. The van der Waals surface area contributed by atoms with Gasteiger partial charge in [-0.25, -0.2) is 0 Å². The van der Waals surface area contributed by atoms with Crippen molar-refractivity contribution >= 4 is 47.2 Å². The Kier molecular flexibility index (Phi) is 3.28. The van der Waals surface area contributed by atoms with Crippen LogP contribution in [0.2, 0.25) is 5.21 Å². The Morgan fingerprint density at radius 1 is 0.870 bits per heavy atom. The SMILES string of the molecule is [B]C1([B])CC[C@]([B])(N2C(=O)c3ccccc3C2=O)C(=O)NC1=O. The van der Waals surface area contributed by atoms with Crippen molar-refractivity contribution in [1.29, 1.82) is 0 Å². The molecule has 0 saturated carbocycles. The lowest BCUT2D eigenvalue weighted by atomic mass is 9.51. The van der Waals surface area contributed by atoms with Crippen molar-refractivity contribution in [3.05, 3.63) is 35.4 Å². The molecular formula is C14H9B3N2O4. The van der Waals surface area contributed by atoms with Crippen LogP contribution in [0.15, 0.2) is 24.3 Å².